The summed E-state index contributed by atoms with van der Waals surface area (Å²) in [5.41, 5.74) is 4.31. The van der Waals surface area contributed by atoms with Gasteiger partial charge in [0.2, 0.25) is 17.7 Å². The smallest absolute Gasteiger partial charge is 0.229 e. The molecule has 2 aliphatic rings. The van der Waals surface area contributed by atoms with Crippen molar-refractivity contribution in [3.8, 4) is 5.75 Å². The van der Waals surface area contributed by atoms with Gasteiger partial charge in [-0.1, -0.05) is 12.1 Å². The number of rotatable bonds is 5. The van der Waals surface area contributed by atoms with E-state index in [1.807, 2.05) is 32.0 Å². The monoisotopic (exact) mass is 421 g/mol. The molecule has 0 unspecified atom stereocenters. The minimum absolute atomic E-state index is 0.0469. The molecule has 0 radical (unpaired) electrons. The second-order valence-electron chi connectivity index (χ2n) is 8.15. The van der Waals surface area contributed by atoms with Crippen molar-refractivity contribution in [3.63, 3.8) is 0 Å². The molecule has 1 atom stereocenters. The molecular weight excluding hydrogens is 394 g/mol. The summed E-state index contributed by atoms with van der Waals surface area (Å²) in [6.45, 7) is 5.02. The number of hydrogen-bond acceptors (Lipinski definition) is 4. The Morgan fingerprint density at radius 1 is 1.06 bits per heavy atom. The van der Waals surface area contributed by atoms with Crippen molar-refractivity contribution in [2.75, 3.05) is 35.3 Å². The highest BCUT2D eigenvalue weighted by Gasteiger charge is 2.36. The van der Waals surface area contributed by atoms with Crippen molar-refractivity contribution < 1.29 is 19.1 Å². The largest absolute Gasteiger partial charge is 0.494 e. The highest BCUT2D eigenvalue weighted by molar-refractivity contribution is 6.04. The summed E-state index contributed by atoms with van der Waals surface area (Å²) in [5.74, 6) is -0.0700. The summed E-state index contributed by atoms with van der Waals surface area (Å²) in [6, 6.07) is 11.1. The molecule has 0 spiro atoms. The van der Waals surface area contributed by atoms with Crippen LogP contribution in [0.15, 0.2) is 36.4 Å². The third-order valence-electron chi connectivity index (χ3n) is 6.17. The topological polar surface area (TPSA) is 79.0 Å². The molecule has 162 valence electrons. The van der Waals surface area contributed by atoms with Crippen LogP contribution in [0.5, 0.6) is 5.75 Å². The molecule has 0 saturated carbocycles. The number of methoxy groups -OCH3 is 1. The van der Waals surface area contributed by atoms with Crippen molar-refractivity contribution >= 4 is 34.8 Å². The summed E-state index contributed by atoms with van der Waals surface area (Å²) >= 11 is 0. The van der Waals surface area contributed by atoms with E-state index in [0.717, 1.165) is 23.2 Å². The maximum absolute atomic E-state index is 12.9. The van der Waals surface area contributed by atoms with Crippen LogP contribution in [0.4, 0.5) is 17.1 Å². The lowest BCUT2D eigenvalue weighted by molar-refractivity contribution is -0.122. The van der Waals surface area contributed by atoms with E-state index in [2.05, 4.69) is 5.32 Å². The first-order valence-electron chi connectivity index (χ1n) is 10.5. The van der Waals surface area contributed by atoms with Gasteiger partial charge in [-0.05, 0) is 49.6 Å². The van der Waals surface area contributed by atoms with Gasteiger partial charge in [0, 0.05) is 43.4 Å². The van der Waals surface area contributed by atoms with Gasteiger partial charge in [0.15, 0.2) is 0 Å². The van der Waals surface area contributed by atoms with Gasteiger partial charge in [-0.25, -0.2) is 0 Å². The van der Waals surface area contributed by atoms with Crippen molar-refractivity contribution in [3.05, 3.63) is 47.5 Å². The fourth-order valence-electron chi connectivity index (χ4n) is 4.27. The molecule has 2 heterocycles. The van der Waals surface area contributed by atoms with Crippen molar-refractivity contribution in [2.45, 2.75) is 33.1 Å². The van der Waals surface area contributed by atoms with Gasteiger partial charge in [-0.3, -0.25) is 14.4 Å². The van der Waals surface area contributed by atoms with Crippen LogP contribution in [0.25, 0.3) is 0 Å². The lowest BCUT2D eigenvalue weighted by Gasteiger charge is -2.21. The number of carbonyl (C=O) groups is 3. The molecule has 2 saturated heterocycles. The minimum Gasteiger partial charge on any atom is -0.494 e. The van der Waals surface area contributed by atoms with Crippen LogP contribution in [-0.2, 0) is 14.4 Å². The summed E-state index contributed by atoms with van der Waals surface area (Å²) in [7, 11) is 1.54. The molecule has 4 rings (SSSR count). The maximum Gasteiger partial charge on any atom is 0.229 e. The first kappa shape index (κ1) is 20.9. The van der Waals surface area contributed by atoms with Crippen LogP contribution >= 0.6 is 0 Å². The molecule has 0 bridgehead atoms. The lowest BCUT2D eigenvalue weighted by Crippen LogP contribution is -2.28. The normalized spacial score (nSPS) is 18.6. The standard InChI is InChI=1S/C24H27N3O4/c1-15-6-4-7-19(16(15)2)27-14-17(12-23(27)29)24(30)25-18-9-10-20(21(13-18)31-3)26-11-5-8-22(26)28/h4,6-7,9-10,13,17H,5,8,11-12,14H2,1-3H3,(H,25,30)/t17-/m1/s1. The van der Waals surface area contributed by atoms with Crippen molar-refractivity contribution in [2.24, 2.45) is 5.92 Å². The van der Waals surface area contributed by atoms with E-state index in [1.54, 1.807) is 35.1 Å². The van der Waals surface area contributed by atoms with E-state index in [-0.39, 0.29) is 24.1 Å². The quantitative estimate of drug-likeness (QED) is 0.802. The molecule has 2 aromatic carbocycles. The number of carbonyl (C=O) groups excluding carboxylic acids is 3. The zero-order chi connectivity index (χ0) is 22.1. The van der Waals surface area contributed by atoms with Crippen LogP contribution in [0.2, 0.25) is 0 Å². The Labute approximate surface area is 182 Å². The van der Waals surface area contributed by atoms with Crippen molar-refractivity contribution in [1.29, 1.82) is 0 Å². The third kappa shape index (κ3) is 4.00. The zero-order valence-corrected chi connectivity index (χ0v) is 18.1. The maximum atomic E-state index is 12.9. The van der Waals surface area contributed by atoms with Crippen LogP contribution in [0.1, 0.15) is 30.4 Å². The lowest BCUT2D eigenvalue weighted by atomic mass is 10.1. The summed E-state index contributed by atoms with van der Waals surface area (Å²) in [4.78, 5) is 41.0. The van der Waals surface area contributed by atoms with Gasteiger partial charge in [-0.15, -0.1) is 0 Å². The van der Waals surface area contributed by atoms with E-state index in [4.69, 9.17) is 4.74 Å². The fourth-order valence-corrected chi connectivity index (χ4v) is 4.27. The first-order chi connectivity index (χ1) is 14.9. The van der Waals surface area contributed by atoms with Gasteiger partial charge < -0.3 is 19.9 Å². The molecule has 0 aliphatic carbocycles. The zero-order valence-electron chi connectivity index (χ0n) is 18.1. The molecule has 7 heteroatoms. The SMILES string of the molecule is COc1cc(NC(=O)[C@@H]2CC(=O)N(c3cccc(C)c3C)C2)ccc1N1CCCC1=O. The van der Waals surface area contributed by atoms with E-state index in [0.29, 0.717) is 36.6 Å². The number of anilines is 3. The van der Waals surface area contributed by atoms with Gasteiger partial charge in [0.05, 0.1) is 18.7 Å². The molecule has 7 nitrogen and oxygen atoms in total. The van der Waals surface area contributed by atoms with Gasteiger partial charge >= 0.3 is 0 Å². The molecule has 1 N–H and O–H groups in total. The Hall–Kier alpha value is -3.35. The highest BCUT2D eigenvalue weighted by Crippen LogP contribution is 2.35. The Bertz CT molecular complexity index is 1050. The second-order valence-corrected chi connectivity index (χ2v) is 8.15. The first-order valence-corrected chi connectivity index (χ1v) is 10.5. The fraction of sp³-hybridized carbons (Fsp3) is 0.375. The molecule has 2 fully saturated rings. The minimum atomic E-state index is -0.432. The number of nitrogens with one attached hydrogen (secondary N) is 1. The van der Waals surface area contributed by atoms with E-state index in [9.17, 15) is 14.4 Å². The van der Waals surface area contributed by atoms with Crippen LogP contribution in [-0.4, -0.2) is 37.9 Å². The van der Waals surface area contributed by atoms with Gasteiger partial charge in [0.1, 0.15) is 5.75 Å². The third-order valence-corrected chi connectivity index (χ3v) is 6.17. The molecule has 2 aliphatic heterocycles. The number of nitrogens with zero attached hydrogens (tertiary/aromatic N) is 2. The van der Waals surface area contributed by atoms with E-state index < -0.39 is 5.92 Å². The predicted molar refractivity (Wildman–Crippen MR) is 120 cm³/mol. The van der Waals surface area contributed by atoms with E-state index in [1.165, 1.54) is 0 Å². The van der Waals surface area contributed by atoms with E-state index >= 15 is 0 Å². The summed E-state index contributed by atoms with van der Waals surface area (Å²) < 4.78 is 5.46. The highest BCUT2D eigenvalue weighted by atomic mass is 16.5. The number of benzene rings is 2. The van der Waals surface area contributed by atoms with Crippen molar-refractivity contribution in [1.82, 2.24) is 0 Å². The number of ether oxygens (including phenoxy) is 1. The average Bonchev–Trinajstić information content (AvgIpc) is 3.35. The van der Waals surface area contributed by atoms with Gasteiger partial charge in [0.25, 0.3) is 0 Å². The van der Waals surface area contributed by atoms with Gasteiger partial charge in [-0.2, -0.15) is 0 Å². The summed E-state index contributed by atoms with van der Waals surface area (Å²) in [5, 5.41) is 2.90. The Kier molecular flexibility index (Phi) is 5.67. The molecule has 3 amide bonds. The van der Waals surface area contributed by atoms with Crippen LogP contribution < -0.4 is 19.9 Å². The second kappa shape index (κ2) is 8.41. The molecule has 0 aromatic heterocycles. The molecule has 31 heavy (non-hydrogen) atoms. The van der Waals surface area contributed by atoms with Crippen LogP contribution in [0, 0.1) is 19.8 Å². The predicted octanol–water partition coefficient (Wildman–Crippen LogP) is 3.43. The van der Waals surface area contributed by atoms with Crippen LogP contribution in [0.3, 0.4) is 0 Å². The molecular formula is C24H27N3O4. The Balaban J connectivity index is 1.48. The number of amides is 3. The average molecular weight is 421 g/mol. The Morgan fingerprint density at radius 2 is 1.87 bits per heavy atom. The number of aryl methyl sites for hydroxylation is 1. The Morgan fingerprint density at radius 3 is 2.58 bits per heavy atom. The molecule has 2 aromatic rings. The number of hydrogen-bond donors (Lipinski definition) is 1. The summed E-state index contributed by atoms with van der Waals surface area (Å²) in [6.07, 6.45) is 1.54.